The number of nitriles is 1. The lowest BCUT2D eigenvalue weighted by atomic mass is 10.1. The van der Waals surface area contributed by atoms with Gasteiger partial charge in [-0.05, 0) is 61.6 Å². The van der Waals surface area contributed by atoms with Crippen molar-refractivity contribution < 1.29 is 27.4 Å². The van der Waals surface area contributed by atoms with Gasteiger partial charge in [0, 0.05) is 11.8 Å². The molecule has 0 unspecified atom stereocenters. The van der Waals surface area contributed by atoms with Crippen molar-refractivity contribution in [1.29, 1.82) is 5.26 Å². The quantitative estimate of drug-likeness (QED) is 0.556. The summed E-state index contributed by atoms with van der Waals surface area (Å²) in [5, 5.41) is 15.9. The number of hydrogen-bond donors (Lipinski definition) is 1. The van der Waals surface area contributed by atoms with Crippen molar-refractivity contribution in [3.05, 3.63) is 59.0 Å². The number of nitrogens with zero attached hydrogens (tertiary/aromatic N) is 5. The molecule has 2 aromatic heterocycles. The minimum atomic E-state index is -4.87. The Morgan fingerprint density at radius 2 is 2.06 bits per heavy atom. The van der Waals surface area contributed by atoms with Gasteiger partial charge in [-0.3, -0.25) is 4.79 Å². The zero-order valence-corrected chi connectivity index (χ0v) is 18.1. The Kier molecular flexibility index (Phi) is 6.10. The lowest BCUT2D eigenvalue weighted by Crippen LogP contribution is -2.29. The first-order chi connectivity index (χ1) is 16.2. The summed E-state index contributed by atoms with van der Waals surface area (Å²) in [5.41, 5.74) is 1.00. The van der Waals surface area contributed by atoms with Crippen LogP contribution in [-0.2, 0) is 0 Å². The number of amides is 1. The van der Waals surface area contributed by atoms with Crippen LogP contribution in [0.25, 0.3) is 5.82 Å². The van der Waals surface area contributed by atoms with Gasteiger partial charge in [0.15, 0.2) is 11.6 Å². The van der Waals surface area contributed by atoms with Crippen LogP contribution in [0.1, 0.15) is 59.0 Å². The predicted molar refractivity (Wildman–Crippen MR) is 111 cm³/mol. The molecule has 0 saturated heterocycles. The van der Waals surface area contributed by atoms with Crippen LogP contribution in [0.3, 0.4) is 0 Å². The van der Waals surface area contributed by atoms with Gasteiger partial charge >= 0.3 is 12.4 Å². The number of hydrogen-bond acceptors (Lipinski definition) is 7. The minimum absolute atomic E-state index is 0.0267. The molecule has 0 aliphatic heterocycles. The molecule has 1 amide bonds. The number of rotatable bonds is 7. The van der Waals surface area contributed by atoms with E-state index in [4.69, 9.17) is 10.00 Å². The number of nitrogens with one attached hydrogen (secondary N) is 1. The molecule has 1 atom stereocenters. The van der Waals surface area contributed by atoms with Crippen LogP contribution in [0.5, 0.6) is 11.8 Å². The average molecular weight is 472 g/mol. The lowest BCUT2D eigenvalue weighted by molar-refractivity contribution is -0.274. The Hall–Kier alpha value is -4.14. The average Bonchev–Trinajstić information content (AvgIpc) is 3.56. The van der Waals surface area contributed by atoms with E-state index in [-0.39, 0.29) is 23.3 Å². The van der Waals surface area contributed by atoms with E-state index in [0.717, 1.165) is 18.9 Å². The highest BCUT2D eigenvalue weighted by atomic mass is 19.4. The second-order valence-corrected chi connectivity index (χ2v) is 7.69. The summed E-state index contributed by atoms with van der Waals surface area (Å²) in [6.07, 6.45) is -1.83. The van der Waals surface area contributed by atoms with E-state index >= 15 is 0 Å². The fourth-order valence-corrected chi connectivity index (χ4v) is 3.36. The summed E-state index contributed by atoms with van der Waals surface area (Å²) in [6, 6.07) is 8.31. The smallest absolute Gasteiger partial charge is 0.466 e. The number of carbonyl (C=O) groups excluding carboxylic acids is 1. The molecular formula is C22H19F3N6O3. The Labute approximate surface area is 192 Å². The van der Waals surface area contributed by atoms with E-state index < -0.39 is 24.1 Å². The van der Waals surface area contributed by atoms with Crippen molar-refractivity contribution in [2.75, 3.05) is 7.11 Å². The van der Waals surface area contributed by atoms with Gasteiger partial charge in [0.2, 0.25) is 0 Å². The molecule has 0 bridgehead atoms. The molecule has 1 aromatic carbocycles. The zero-order chi connectivity index (χ0) is 24.5. The Morgan fingerprint density at radius 1 is 1.29 bits per heavy atom. The highest BCUT2D eigenvalue weighted by molar-refractivity contribution is 5.95. The molecule has 3 aromatic rings. The van der Waals surface area contributed by atoms with E-state index in [0.29, 0.717) is 16.9 Å². The van der Waals surface area contributed by atoms with E-state index in [1.807, 2.05) is 6.07 Å². The van der Waals surface area contributed by atoms with E-state index in [1.54, 1.807) is 25.1 Å². The summed E-state index contributed by atoms with van der Waals surface area (Å²) in [6.45, 7) is 1.64. The topological polar surface area (TPSA) is 115 Å². The largest absolute Gasteiger partial charge is 0.573 e. The number of alkyl halides is 3. The van der Waals surface area contributed by atoms with Crippen molar-refractivity contribution >= 4 is 5.91 Å². The van der Waals surface area contributed by atoms with Crippen LogP contribution in [0, 0.1) is 11.3 Å². The number of aromatic nitrogens is 4. The highest BCUT2D eigenvalue weighted by Gasteiger charge is 2.33. The standard InChI is InChI=1S/C22H19F3N6O3/c1-12(19-29-21(33-2)30-31(19)18-6-3-13(10-26)11-27-18)28-20(32)16-7-15(14-4-5-14)8-17(9-16)34-22(23,24)25/h3,6-9,11-12,14H,4-5H2,1-2H3,(H,28,32)/t12-/m0/s1. The fraction of sp³-hybridized carbons (Fsp3) is 0.318. The molecule has 1 fully saturated rings. The number of benzene rings is 1. The molecule has 0 radical (unpaired) electrons. The lowest BCUT2D eigenvalue weighted by Gasteiger charge is -2.16. The third-order valence-corrected chi connectivity index (χ3v) is 5.10. The number of ether oxygens (including phenoxy) is 2. The number of halogens is 3. The molecule has 1 saturated carbocycles. The summed E-state index contributed by atoms with van der Waals surface area (Å²) in [7, 11) is 1.38. The first-order valence-electron chi connectivity index (χ1n) is 10.3. The second kappa shape index (κ2) is 9.01. The maximum absolute atomic E-state index is 13.0. The minimum Gasteiger partial charge on any atom is -0.466 e. The first kappa shape index (κ1) is 23.0. The molecule has 34 heavy (non-hydrogen) atoms. The molecule has 1 aliphatic carbocycles. The van der Waals surface area contributed by atoms with Gasteiger partial charge in [-0.25, -0.2) is 4.98 Å². The van der Waals surface area contributed by atoms with Crippen molar-refractivity contribution in [2.45, 2.75) is 38.1 Å². The van der Waals surface area contributed by atoms with Crippen LogP contribution in [0.4, 0.5) is 13.2 Å². The van der Waals surface area contributed by atoms with Gasteiger partial charge in [-0.15, -0.1) is 18.3 Å². The van der Waals surface area contributed by atoms with Crippen LogP contribution < -0.4 is 14.8 Å². The van der Waals surface area contributed by atoms with Crippen LogP contribution in [0.15, 0.2) is 36.5 Å². The molecule has 4 rings (SSSR count). The maximum atomic E-state index is 13.0. The molecule has 176 valence electrons. The molecular weight excluding hydrogens is 453 g/mol. The molecule has 0 spiro atoms. The number of carbonyl (C=O) groups is 1. The van der Waals surface area contributed by atoms with Crippen molar-refractivity contribution in [1.82, 2.24) is 25.1 Å². The second-order valence-electron chi connectivity index (χ2n) is 7.69. The van der Waals surface area contributed by atoms with Crippen molar-refractivity contribution in [3.8, 4) is 23.6 Å². The highest BCUT2D eigenvalue weighted by Crippen LogP contribution is 2.42. The summed E-state index contributed by atoms with van der Waals surface area (Å²) < 4.78 is 48.8. The molecule has 12 heteroatoms. The Balaban J connectivity index is 1.60. The first-order valence-corrected chi connectivity index (χ1v) is 10.3. The SMILES string of the molecule is COc1nc([C@H](C)NC(=O)c2cc(OC(F)(F)F)cc(C3CC3)c2)n(-c2ccc(C#N)cn2)n1. The van der Waals surface area contributed by atoms with Gasteiger partial charge in [0.05, 0.1) is 18.7 Å². The third kappa shape index (κ3) is 5.25. The normalized spacial score (nSPS) is 14.2. The van der Waals surface area contributed by atoms with Crippen LogP contribution in [-0.4, -0.2) is 39.1 Å². The Morgan fingerprint density at radius 3 is 2.65 bits per heavy atom. The van der Waals surface area contributed by atoms with E-state index in [2.05, 4.69) is 25.1 Å². The number of pyridine rings is 1. The van der Waals surface area contributed by atoms with Crippen molar-refractivity contribution in [3.63, 3.8) is 0 Å². The fourth-order valence-electron chi connectivity index (χ4n) is 3.36. The summed E-state index contributed by atoms with van der Waals surface area (Å²) >= 11 is 0. The van der Waals surface area contributed by atoms with Gasteiger partial charge in [-0.2, -0.15) is 14.9 Å². The van der Waals surface area contributed by atoms with Gasteiger partial charge < -0.3 is 14.8 Å². The third-order valence-electron chi connectivity index (χ3n) is 5.10. The summed E-state index contributed by atoms with van der Waals surface area (Å²) in [4.78, 5) is 21.4. The van der Waals surface area contributed by atoms with Gasteiger partial charge in [0.1, 0.15) is 11.8 Å². The molecule has 1 N–H and O–H groups in total. The zero-order valence-electron chi connectivity index (χ0n) is 18.1. The van der Waals surface area contributed by atoms with E-state index in [9.17, 15) is 18.0 Å². The van der Waals surface area contributed by atoms with Gasteiger partial charge in [-0.1, -0.05) is 0 Å². The monoisotopic (exact) mass is 472 g/mol. The Bertz CT molecular complexity index is 1250. The van der Waals surface area contributed by atoms with Gasteiger partial charge in [0.25, 0.3) is 5.91 Å². The summed E-state index contributed by atoms with van der Waals surface area (Å²) in [5.74, 6) is -0.338. The van der Waals surface area contributed by atoms with Crippen LogP contribution in [0.2, 0.25) is 0 Å². The van der Waals surface area contributed by atoms with E-state index in [1.165, 1.54) is 24.1 Å². The maximum Gasteiger partial charge on any atom is 0.573 e. The van der Waals surface area contributed by atoms with Crippen molar-refractivity contribution in [2.24, 2.45) is 0 Å². The van der Waals surface area contributed by atoms with Crippen LogP contribution >= 0.6 is 0 Å². The molecule has 1 aliphatic rings. The number of methoxy groups -OCH3 is 1. The molecule has 9 nitrogen and oxygen atoms in total. The molecule has 2 heterocycles. The predicted octanol–water partition coefficient (Wildman–Crippen LogP) is 3.81.